The quantitative estimate of drug-likeness (QED) is 0.395. The zero-order chi connectivity index (χ0) is 17.5. The van der Waals surface area contributed by atoms with Crippen LogP contribution in [0.4, 0.5) is 5.69 Å². The molecule has 0 amide bonds. The standard InChI is InChI=1S/C16H18N2O4S2/c17-12(15(19)20)8-23-24-9-14(16(21)22)18-13-7-3-5-10-4-1-2-6-11(10)13/h1-7,12,14,18H,8-9,17H2,(H,19,20)(H,21,22)/t12-,14-/m0/s1. The number of fused-ring (bicyclic) bond motifs is 1. The summed E-state index contributed by atoms with van der Waals surface area (Å²) in [6.07, 6.45) is 0. The van der Waals surface area contributed by atoms with E-state index in [1.807, 2.05) is 42.5 Å². The first kappa shape index (κ1) is 18.4. The topological polar surface area (TPSA) is 113 Å². The lowest BCUT2D eigenvalue weighted by molar-refractivity contribution is -0.138. The van der Waals surface area contributed by atoms with E-state index in [1.54, 1.807) is 0 Å². The lowest BCUT2D eigenvalue weighted by Crippen LogP contribution is -2.33. The van der Waals surface area contributed by atoms with Crippen molar-refractivity contribution in [3.05, 3.63) is 42.5 Å². The molecule has 2 atom stereocenters. The summed E-state index contributed by atoms with van der Waals surface area (Å²) in [5.74, 6) is -1.51. The predicted molar refractivity (Wildman–Crippen MR) is 99.5 cm³/mol. The number of hydrogen-bond acceptors (Lipinski definition) is 6. The molecule has 0 aliphatic heterocycles. The molecule has 5 N–H and O–H groups in total. The van der Waals surface area contributed by atoms with Crippen LogP contribution in [0.25, 0.3) is 10.8 Å². The second kappa shape index (κ2) is 8.81. The molecular weight excluding hydrogens is 348 g/mol. The van der Waals surface area contributed by atoms with Gasteiger partial charge in [-0.2, -0.15) is 0 Å². The first-order chi connectivity index (χ1) is 11.5. The summed E-state index contributed by atoms with van der Waals surface area (Å²) in [5, 5.41) is 23.2. The van der Waals surface area contributed by atoms with Crippen molar-refractivity contribution >= 4 is 50.0 Å². The second-order valence-electron chi connectivity index (χ2n) is 5.08. The van der Waals surface area contributed by atoms with E-state index in [0.29, 0.717) is 0 Å². The SMILES string of the molecule is N[C@@H](CSSC[C@H](Nc1cccc2ccccc12)C(=O)O)C(=O)O. The first-order valence-corrected chi connectivity index (χ1v) is 9.67. The molecule has 0 saturated carbocycles. The van der Waals surface area contributed by atoms with Gasteiger partial charge in [0.1, 0.15) is 12.1 Å². The van der Waals surface area contributed by atoms with Crippen LogP contribution in [-0.2, 0) is 9.59 Å². The maximum atomic E-state index is 11.5. The maximum Gasteiger partial charge on any atom is 0.327 e. The van der Waals surface area contributed by atoms with E-state index < -0.39 is 24.0 Å². The summed E-state index contributed by atoms with van der Waals surface area (Å²) in [5.41, 5.74) is 6.17. The van der Waals surface area contributed by atoms with Crippen LogP contribution in [0.3, 0.4) is 0 Å². The highest BCUT2D eigenvalue weighted by atomic mass is 33.1. The van der Waals surface area contributed by atoms with Crippen LogP contribution in [0.1, 0.15) is 0 Å². The van der Waals surface area contributed by atoms with Crippen LogP contribution in [0, 0.1) is 0 Å². The van der Waals surface area contributed by atoms with Crippen molar-refractivity contribution in [2.75, 3.05) is 16.8 Å². The maximum absolute atomic E-state index is 11.5. The fourth-order valence-corrected chi connectivity index (χ4v) is 4.29. The Kier molecular flexibility index (Phi) is 6.77. The van der Waals surface area contributed by atoms with Crippen molar-refractivity contribution in [1.82, 2.24) is 0 Å². The van der Waals surface area contributed by atoms with E-state index in [-0.39, 0.29) is 11.5 Å². The molecule has 6 nitrogen and oxygen atoms in total. The van der Waals surface area contributed by atoms with Gasteiger partial charge in [0.2, 0.25) is 0 Å². The largest absolute Gasteiger partial charge is 0.480 e. The van der Waals surface area contributed by atoms with Gasteiger partial charge in [-0.05, 0) is 11.5 Å². The van der Waals surface area contributed by atoms with Crippen LogP contribution in [0.15, 0.2) is 42.5 Å². The predicted octanol–water partition coefficient (Wildman–Crippen LogP) is 2.50. The lowest BCUT2D eigenvalue weighted by atomic mass is 10.1. The average molecular weight is 366 g/mol. The summed E-state index contributed by atoms with van der Waals surface area (Å²) < 4.78 is 0. The van der Waals surface area contributed by atoms with E-state index in [1.165, 1.54) is 21.6 Å². The number of rotatable bonds is 9. The molecular formula is C16H18N2O4S2. The Bertz CT molecular complexity index is 721. The number of aliphatic carboxylic acids is 2. The molecule has 24 heavy (non-hydrogen) atoms. The highest BCUT2D eigenvalue weighted by molar-refractivity contribution is 8.76. The van der Waals surface area contributed by atoms with Gasteiger partial charge in [-0.25, -0.2) is 4.79 Å². The second-order valence-corrected chi connectivity index (χ2v) is 7.63. The van der Waals surface area contributed by atoms with Crippen molar-refractivity contribution in [2.24, 2.45) is 5.73 Å². The minimum atomic E-state index is -1.06. The van der Waals surface area contributed by atoms with E-state index in [2.05, 4.69) is 5.32 Å². The number of carboxylic acids is 2. The van der Waals surface area contributed by atoms with Gasteiger partial charge in [-0.1, -0.05) is 58.0 Å². The van der Waals surface area contributed by atoms with Gasteiger partial charge in [0.25, 0.3) is 0 Å². The normalized spacial score (nSPS) is 13.4. The van der Waals surface area contributed by atoms with E-state index in [4.69, 9.17) is 10.8 Å². The van der Waals surface area contributed by atoms with E-state index >= 15 is 0 Å². The zero-order valence-electron chi connectivity index (χ0n) is 12.7. The molecule has 8 heteroatoms. The molecule has 0 radical (unpaired) electrons. The Hall–Kier alpha value is -1.90. The summed E-state index contributed by atoms with van der Waals surface area (Å²) in [7, 11) is 2.55. The van der Waals surface area contributed by atoms with Gasteiger partial charge < -0.3 is 21.3 Å². The summed E-state index contributed by atoms with van der Waals surface area (Å²) >= 11 is 0. The molecule has 0 unspecified atom stereocenters. The van der Waals surface area contributed by atoms with Crippen molar-refractivity contribution in [3.8, 4) is 0 Å². The van der Waals surface area contributed by atoms with Crippen LogP contribution < -0.4 is 11.1 Å². The molecule has 0 aliphatic rings. The van der Waals surface area contributed by atoms with Crippen molar-refractivity contribution in [2.45, 2.75) is 12.1 Å². The zero-order valence-corrected chi connectivity index (χ0v) is 14.3. The number of carboxylic acid groups (broad SMARTS) is 2. The molecule has 0 aromatic heterocycles. The summed E-state index contributed by atoms with van der Waals surface area (Å²) in [6.45, 7) is 0. The monoisotopic (exact) mass is 366 g/mol. The first-order valence-electron chi connectivity index (χ1n) is 7.19. The third-order valence-electron chi connectivity index (χ3n) is 3.30. The number of benzene rings is 2. The van der Waals surface area contributed by atoms with Crippen LogP contribution in [0.2, 0.25) is 0 Å². The van der Waals surface area contributed by atoms with Gasteiger partial charge in [0.05, 0.1) is 0 Å². The molecule has 128 valence electrons. The highest BCUT2D eigenvalue weighted by Gasteiger charge is 2.19. The number of hydrogen-bond donors (Lipinski definition) is 4. The van der Waals surface area contributed by atoms with Crippen LogP contribution >= 0.6 is 21.6 Å². The van der Waals surface area contributed by atoms with Gasteiger partial charge in [-0.15, -0.1) is 0 Å². The molecule has 2 aromatic rings. The molecule has 0 aliphatic carbocycles. The van der Waals surface area contributed by atoms with Crippen LogP contribution in [0.5, 0.6) is 0 Å². The molecule has 0 spiro atoms. The van der Waals surface area contributed by atoms with Gasteiger partial charge in [-0.3, -0.25) is 4.79 Å². The number of anilines is 1. The molecule has 2 aromatic carbocycles. The van der Waals surface area contributed by atoms with Gasteiger partial charge in [0.15, 0.2) is 0 Å². The molecule has 0 fully saturated rings. The summed E-state index contributed by atoms with van der Waals surface area (Å²) in [4.78, 5) is 22.1. The third-order valence-corrected chi connectivity index (χ3v) is 5.75. The Balaban J connectivity index is 1.98. The van der Waals surface area contributed by atoms with Gasteiger partial charge >= 0.3 is 11.9 Å². The number of carbonyl (C=O) groups is 2. The number of nitrogens with one attached hydrogen (secondary N) is 1. The number of nitrogens with two attached hydrogens (primary N) is 1. The van der Waals surface area contributed by atoms with Crippen molar-refractivity contribution in [1.29, 1.82) is 0 Å². The Morgan fingerprint density at radius 1 is 1.00 bits per heavy atom. The highest BCUT2D eigenvalue weighted by Crippen LogP contribution is 2.27. The molecule has 0 saturated heterocycles. The Morgan fingerprint density at radius 2 is 1.67 bits per heavy atom. The lowest BCUT2D eigenvalue weighted by Gasteiger charge is -2.17. The van der Waals surface area contributed by atoms with Crippen molar-refractivity contribution < 1.29 is 19.8 Å². The Morgan fingerprint density at radius 3 is 2.38 bits per heavy atom. The Labute approximate surface area is 147 Å². The summed E-state index contributed by atoms with van der Waals surface area (Å²) in [6, 6.07) is 11.7. The fourth-order valence-electron chi connectivity index (χ4n) is 2.02. The smallest absolute Gasteiger partial charge is 0.327 e. The van der Waals surface area contributed by atoms with E-state index in [0.717, 1.165) is 16.5 Å². The van der Waals surface area contributed by atoms with E-state index in [9.17, 15) is 14.7 Å². The van der Waals surface area contributed by atoms with Crippen LogP contribution in [-0.4, -0.2) is 45.7 Å². The minimum absolute atomic E-state index is 0.223. The fraction of sp³-hybridized carbons (Fsp3) is 0.250. The van der Waals surface area contributed by atoms with Crippen molar-refractivity contribution in [3.63, 3.8) is 0 Å². The van der Waals surface area contributed by atoms with Gasteiger partial charge in [0, 0.05) is 22.6 Å². The molecule has 0 heterocycles. The third kappa shape index (κ3) is 5.05. The average Bonchev–Trinajstić information content (AvgIpc) is 2.57. The molecule has 0 bridgehead atoms. The minimum Gasteiger partial charge on any atom is -0.480 e. The molecule has 2 rings (SSSR count).